The van der Waals surface area contributed by atoms with Crippen LogP contribution in [0.3, 0.4) is 0 Å². The predicted molar refractivity (Wildman–Crippen MR) is 125 cm³/mol. The summed E-state index contributed by atoms with van der Waals surface area (Å²) in [5.41, 5.74) is 0.413. The number of carbonyl (C=O) groups is 1. The monoisotopic (exact) mass is 522 g/mol. The number of ether oxygens (including phenoxy) is 1. The van der Waals surface area contributed by atoms with Crippen LogP contribution in [0.5, 0.6) is 5.75 Å². The van der Waals surface area contributed by atoms with E-state index in [1.165, 1.54) is 4.57 Å². The van der Waals surface area contributed by atoms with Crippen LogP contribution < -0.4 is 4.74 Å². The molecular formula is C25H26BrF3N2O2. The van der Waals surface area contributed by atoms with E-state index in [0.717, 1.165) is 23.5 Å². The van der Waals surface area contributed by atoms with Crippen LogP contribution in [-0.2, 0) is 17.5 Å². The Balaban J connectivity index is 1.81. The molecule has 8 heteroatoms. The molecule has 0 amide bonds. The van der Waals surface area contributed by atoms with Gasteiger partial charge in [0, 0.05) is 22.0 Å². The molecule has 0 fully saturated rings. The van der Waals surface area contributed by atoms with E-state index in [1.807, 2.05) is 6.92 Å². The lowest BCUT2D eigenvalue weighted by atomic mass is 10.00. The van der Waals surface area contributed by atoms with Crippen molar-refractivity contribution in [3.05, 3.63) is 70.5 Å². The fraction of sp³-hybridized carbons (Fsp3) is 0.360. The molecule has 176 valence electrons. The highest BCUT2D eigenvalue weighted by Crippen LogP contribution is 2.34. The van der Waals surface area contributed by atoms with Gasteiger partial charge in [-0.2, -0.15) is 13.2 Å². The Labute approximate surface area is 199 Å². The van der Waals surface area contributed by atoms with Crippen LogP contribution in [0.1, 0.15) is 44.4 Å². The van der Waals surface area contributed by atoms with Gasteiger partial charge in [-0.25, -0.2) is 4.98 Å². The molecule has 3 rings (SSSR count). The minimum Gasteiger partial charge on any atom is -0.493 e. The number of hydrogen-bond donors (Lipinski definition) is 0. The molecule has 33 heavy (non-hydrogen) atoms. The summed E-state index contributed by atoms with van der Waals surface area (Å²) >= 11 is 3.35. The minimum absolute atomic E-state index is 0.0306. The number of para-hydroxylation sites is 1. The topological polar surface area (TPSA) is 44.1 Å². The number of ketones is 1. The molecule has 0 spiro atoms. The number of imidazole rings is 1. The first-order valence-electron chi connectivity index (χ1n) is 10.7. The number of Topliss-reactive ketones (excluding diaryl/α,β-unsaturated/α-hetero) is 1. The van der Waals surface area contributed by atoms with Crippen molar-refractivity contribution in [1.29, 1.82) is 0 Å². The van der Waals surface area contributed by atoms with Gasteiger partial charge in [-0.15, -0.1) is 0 Å². The molecule has 0 N–H and O–H groups in total. The maximum absolute atomic E-state index is 13.7. The molecule has 0 radical (unpaired) electrons. The van der Waals surface area contributed by atoms with Gasteiger partial charge < -0.3 is 14.1 Å². The van der Waals surface area contributed by atoms with E-state index in [0.29, 0.717) is 29.9 Å². The standard InChI is InChI=1S/C25H26BrF3N2O2/c1-17(14-18(2)32)6-5-13-33-22-8-4-3-7-20(22)16-31-23(25(27,28)29)15-30-24(31)19-9-11-21(26)12-10-19/h3-4,7-12,15,17H,5-6,13-14,16H2,1-2H3/t17-/m1/s1. The smallest absolute Gasteiger partial charge is 0.433 e. The average Bonchev–Trinajstić information content (AvgIpc) is 3.16. The number of rotatable bonds is 10. The van der Waals surface area contributed by atoms with Crippen LogP contribution in [0.2, 0.25) is 0 Å². The summed E-state index contributed by atoms with van der Waals surface area (Å²) in [6, 6.07) is 14.1. The zero-order chi connectivity index (χ0) is 24.0. The maximum atomic E-state index is 13.7. The predicted octanol–water partition coefficient (Wildman–Crippen LogP) is 7.15. The third-order valence-electron chi connectivity index (χ3n) is 5.28. The Morgan fingerprint density at radius 2 is 1.85 bits per heavy atom. The molecule has 0 aliphatic carbocycles. The van der Waals surface area contributed by atoms with Crippen LogP contribution >= 0.6 is 15.9 Å². The molecule has 2 aromatic carbocycles. The third kappa shape index (κ3) is 6.93. The molecule has 0 aliphatic heterocycles. The highest BCUT2D eigenvalue weighted by Gasteiger charge is 2.36. The Hall–Kier alpha value is -2.61. The van der Waals surface area contributed by atoms with Gasteiger partial charge in [0.15, 0.2) is 0 Å². The third-order valence-corrected chi connectivity index (χ3v) is 5.81. The van der Waals surface area contributed by atoms with Crippen molar-refractivity contribution in [3.8, 4) is 17.1 Å². The molecular weight excluding hydrogens is 497 g/mol. The van der Waals surface area contributed by atoms with Crippen molar-refractivity contribution in [2.24, 2.45) is 5.92 Å². The first-order valence-corrected chi connectivity index (χ1v) is 11.5. The van der Waals surface area contributed by atoms with Crippen LogP contribution in [0.4, 0.5) is 13.2 Å². The van der Waals surface area contributed by atoms with Gasteiger partial charge in [-0.3, -0.25) is 0 Å². The van der Waals surface area contributed by atoms with E-state index in [-0.39, 0.29) is 24.1 Å². The Morgan fingerprint density at radius 3 is 2.52 bits per heavy atom. The largest absolute Gasteiger partial charge is 0.493 e. The van der Waals surface area contributed by atoms with Crippen LogP contribution in [0.15, 0.2) is 59.2 Å². The summed E-state index contributed by atoms with van der Waals surface area (Å²) in [7, 11) is 0. The highest BCUT2D eigenvalue weighted by atomic mass is 79.9. The van der Waals surface area contributed by atoms with Crippen molar-refractivity contribution in [2.75, 3.05) is 6.61 Å². The van der Waals surface area contributed by atoms with Gasteiger partial charge in [0.2, 0.25) is 0 Å². The van der Waals surface area contributed by atoms with Gasteiger partial charge >= 0.3 is 6.18 Å². The van der Waals surface area contributed by atoms with E-state index in [1.54, 1.807) is 55.5 Å². The highest BCUT2D eigenvalue weighted by molar-refractivity contribution is 9.10. The quantitative estimate of drug-likeness (QED) is 0.265. The normalized spacial score (nSPS) is 12.5. The maximum Gasteiger partial charge on any atom is 0.433 e. The van der Waals surface area contributed by atoms with E-state index < -0.39 is 11.9 Å². The van der Waals surface area contributed by atoms with Crippen molar-refractivity contribution in [3.63, 3.8) is 0 Å². The number of aromatic nitrogens is 2. The van der Waals surface area contributed by atoms with Gasteiger partial charge in [0.25, 0.3) is 0 Å². The number of nitrogens with zero attached hydrogens (tertiary/aromatic N) is 2. The van der Waals surface area contributed by atoms with E-state index in [2.05, 4.69) is 20.9 Å². The molecule has 0 saturated carbocycles. The van der Waals surface area contributed by atoms with Crippen LogP contribution in [0, 0.1) is 5.92 Å². The zero-order valence-corrected chi connectivity index (χ0v) is 20.1. The summed E-state index contributed by atoms with van der Waals surface area (Å²) in [6.45, 7) is 4.00. The number of alkyl halides is 3. The lowest BCUT2D eigenvalue weighted by Crippen LogP contribution is -2.15. The number of halogens is 4. The Kier molecular flexibility index (Phi) is 8.35. The minimum atomic E-state index is -4.54. The summed E-state index contributed by atoms with van der Waals surface area (Å²) < 4.78 is 49.1. The number of hydrogen-bond acceptors (Lipinski definition) is 3. The van der Waals surface area contributed by atoms with Gasteiger partial charge in [0.1, 0.15) is 23.1 Å². The second kappa shape index (κ2) is 11.0. The summed E-state index contributed by atoms with van der Waals surface area (Å²) in [5.74, 6) is 1.22. The zero-order valence-electron chi connectivity index (χ0n) is 18.5. The molecule has 1 aromatic heterocycles. The lowest BCUT2D eigenvalue weighted by Gasteiger charge is -2.17. The fourth-order valence-electron chi connectivity index (χ4n) is 3.74. The number of benzene rings is 2. The molecule has 3 aromatic rings. The number of carbonyl (C=O) groups excluding carboxylic acids is 1. The Morgan fingerprint density at radius 1 is 1.15 bits per heavy atom. The van der Waals surface area contributed by atoms with Gasteiger partial charge in [-0.05, 0) is 43.9 Å². The summed E-state index contributed by atoms with van der Waals surface area (Å²) in [6.07, 6.45) is -1.53. The first kappa shape index (κ1) is 25.0. The SMILES string of the molecule is CC(=O)C[C@H](C)CCCOc1ccccc1Cn1c(C(F)(F)F)cnc1-c1ccc(Br)cc1. The Bertz CT molecular complexity index is 1080. The van der Waals surface area contributed by atoms with Crippen molar-refractivity contribution in [2.45, 2.75) is 45.8 Å². The van der Waals surface area contributed by atoms with E-state index in [4.69, 9.17) is 4.74 Å². The van der Waals surface area contributed by atoms with E-state index >= 15 is 0 Å². The fourth-order valence-corrected chi connectivity index (χ4v) is 4.01. The summed E-state index contributed by atoms with van der Waals surface area (Å²) in [5, 5.41) is 0. The molecule has 4 nitrogen and oxygen atoms in total. The van der Waals surface area contributed by atoms with Gasteiger partial charge in [0.05, 0.1) is 19.3 Å². The van der Waals surface area contributed by atoms with Crippen molar-refractivity contribution < 1.29 is 22.7 Å². The summed E-state index contributed by atoms with van der Waals surface area (Å²) in [4.78, 5) is 15.3. The van der Waals surface area contributed by atoms with Crippen LogP contribution in [0.25, 0.3) is 11.4 Å². The molecule has 1 heterocycles. The molecule has 0 bridgehead atoms. The average molecular weight is 523 g/mol. The first-order chi connectivity index (χ1) is 15.6. The van der Waals surface area contributed by atoms with Crippen LogP contribution in [-0.4, -0.2) is 21.9 Å². The molecule has 0 aliphatic rings. The molecule has 1 atom stereocenters. The second-order valence-corrected chi connectivity index (χ2v) is 9.08. The lowest BCUT2D eigenvalue weighted by molar-refractivity contribution is -0.143. The molecule has 0 saturated heterocycles. The second-order valence-electron chi connectivity index (χ2n) is 8.17. The van der Waals surface area contributed by atoms with Gasteiger partial charge in [-0.1, -0.05) is 53.2 Å². The molecule has 0 unspecified atom stereocenters. The van der Waals surface area contributed by atoms with E-state index in [9.17, 15) is 18.0 Å². The van der Waals surface area contributed by atoms with Crippen molar-refractivity contribution in [1.82, 2.24) is 9.55 Å². The van der Waals surface area contributed by atoms with Crippen molar-refractivity contribution >= 4 is 21.7 Å².